The molecular formula is C24H21N3O4S. The van der Waals surface area contributed by atoms with Gasteiger partial charge < -0.3 is 4.74 Å². The van der Waals surface area contributed by atoms with Crippen LogP contribution in [0, 0.1) is 11.3 Å². The molecule has 0 bridgehead atoms. The second-order valence-corrected chi connectivity index (χ2v) is 9.11. The molecule has 2 aromatic carbocycles. The van der Waals surface area contributed by atoms with Crippen molar-refractivity contribution in [2.75, 3.05) is 13.2 Å². The lowest BCUT2D eigenvalue weighted by Crippen LogP contribution is -2.44. The molecule has 1 aliphatic heterocycles. The van der Waals surface area contributed by atoms with E-state index in [2.05, 4.69) is 11.1 Å². The van der Waals surface area contributed by atoms with Gasteiger partial charge in [0.15, 0.2) is 5.03 Å². The van der Waals surface area contributed by atoms with Gasteiger partial charge in [-0.05, 0) is 48.7 Å². The second kappa shape index (κ2) is 8.91. The summed E-state index contributed by atoms with van der Waals surface area (Å²) in [5.74, 6) is -0.605. The Bertz CT molecular complexity index is 1300. The number of sulfonamides is 1. The summed E-state index contributed by atoms with van der Waals surface area (Å²) in [5, 5.41) is 8.84. The number of pyridine rings is 1. The van der Waals surface area contributed by atoms with Crippen molar-refractivity contribution >= 4 is 16.0 Å². The van der Waals surface area contributed by atoms with Crippen LogP contribution in [0.15, 0.2) is 71.8 Å². The first-order valence-electron chi connectivity index (χ1n) is 10.2. The average Bonchev–Trinajstić information content (AvgIpc) is 2.83. The Morgan fingerprint density at radius 2 is 1.88 bits per heavy atom. The zero-order valence-electron chi connectivity index (χ0n) is 17.4. The highest BCUT2D eigenvalue weighted by molar-refractivity contribution is 7.89. The Kier molecular flexibility index (Phi) is 6.04. The Morgan fingerprint density at radius 1 is 1.12 bits per heavy atom. The number of carbonyl (C=O) groups is 1. The van der Waals surface area contributed by atoms with Crippen molar-refractivity contribution in [3.8, 4) is 17.3 Å². The third-order valence-electron chi connectivity index (χ3n) is 5.36. The minimum Gasteiger partial charge on any atom is -0.465 e. The monoisotopic (exact) mass is 447 g/mol. The van der Waals surface area contributed by atoms with Gasteiger partial charge in [0.05, 0.1) is 23.9 Å². The van der Waals surface area contributed by atoms with Crippen LogP contribution in [0.2, 0.25) is 0 Å². The van der Waals surface area contributed by atoms with Gasteiger partial charge in [0, 0.05) is 12.1 Å². The number of rotatable bonds is 5. The van der Waals surface area contributed by atoms with Gasteiger partial charge in [0.25, 0.3) is 10.0 Å². The van der Waals surface area contributed by atoms with E-state index in [9.17, 15) is 13.2 Å². The van der Waals surface area contributed by atoms with Crippen molar-refractivity contribution < 1.29 is 17.9 Å². The maximum absolute atomic E-state index is 13.6. The highest BCUT2D eigenvalue weighted by atomic mass is 32.2. The summed E-state index contributed by atoms with van der Waals surface area (Å²) in [6.07, 6.45) is 0.487. The van der Waals surface area contributed by atoms with Crippen molar-refractivity contribution in [3.63, 3.8) is 0 Å². The highest BCUT2D eigenvalue weighted by Gasteiger charge is 2.42. The molecule has 0 radical (unpaired) electrons. The number of hydrogen-bond donors (Lipinski definition) is 0. The predicted molar refractivity (Wildman–Crippen MR) is 118 cm³/mol. The first kappa shape index (κ1) is 21.7. The lowest BCUT2D eigenvalue weighted by molar-refractivity contribution is -0.148. The van der Waals surface area contributed by atoms with Gasteiger partial charge in [-0.2, -0.15) is 9.57 Å². The van der Waals surface area contributed by atoms with E-state index in [0.717, 1.165) is 5.56 Å². The third-order valence-corrected chi connectivity index (χ3v) is 7.12. The molecule has 0 saturated heterocycles. The average molecular weight is 448 g/mol. The number of esters is 1. The van der Waals surface area contributed by atoms with Crippen molar-refractivity contribution in [2.24, 2.45) is 0 Å². The molecule has 1 unspecified atom stereocenters. The molecule has 8 heteroatoms. The minimum atomic E-state index is -4.09. The smallest absolute Gasteiger partial charge is 0.329 e. The van der Waals surface area contributed by atoms with E-state index in [1.54, 1.807) is 55.5 Å². The highest BCUT2D eigenvalue weighted by Crippen LogP contribution is 2.35. The van der Waals surface area contributed by atoms with E-state index in [1.807, 2.05) is 12.1 Å². The molecule has 0 N–H and O–H groups in total. The topological polar surface area (TPSA) is 100 Å². The number of nitriles is 1. The Balaban J connectivity index is 1.75. The van der Waals surface area contributed by atoms with E-state index < -0.39 is 22.0 Å². The van der Waals surface area contributed by atoms with Gasteiger partial charge in [0.2, 0.25) is 0 Å². The molecule has 1 atom stereocenters. The number of fused-ring (bicyclic) bond motifs is 1. The van der Waals surface area contributed by atoms with Crippen LogP contribution in [0.1, 0.15) is 29.7 Å². The molecule has 1 aromatic heterocycles. The normalized spacial score (nSPS) is 16.1. The largest absolute Gasteiger partial charge is 0.465 e. The van der Waals surface area contributed by atoms with E-state index >= 15 is 0 Å². The van der Waals surface area contributed by atoms with Crippen molar-refractivity contribution in [1.29, 1.82) is 5.26 Å². The fourth-order valence-corrected chi connectivity index (χ4v) is 5.34. The van der Waals surface area contributed by atoms with Crippen LogP contribution in [0.4, 0.5) is 0 Å². The predicted octanol–water partition coefficient (Wildman–Crippen LogP) is 3.47. The summed E-state index contributed by atoms with van der Waals surface area (Å²) < 4.78 is 33.6. The van der Waals surface area contributed by atoms with Gasteiger partial charge in [0.1, 0.15) is 6.04 Å². The molecule has 4 rings (SSSR count). The minimum absolute atomic E-state index is 0.144. The summed E-state index contributed by atoms with van der Waals surface area (Å²) >= 11 is 0. The van der Waals surface area contributed by atoms with Gasteiger partial charge in [-0.3, -0.25) is 0 Å². The molecule has 7 nitrogen and oxygen atoms in total. The molecule has 32 heavy (non-hydrogen) atoms. The Labute approximate surface area is 187 Å². The number of benzene rings is 2. The number of ether oxygens (including phenoxy) is 1. The summed E-state index contributed by atoms with van der Waals surface area (Å²) in [6, 6.07) is 19.8. The summed E-state index contributed by atoms with van der Waals surface area (Å²) in [7, 11) is -4.09. The number of hydrogen-bond acceptors (Lipinski definition) is 6. The lowest BCUT2D eigenvalue weighted by Gasteiger charge is -2.34. The van der Waals surface area contributed by atoms with Gasteiger partial charge >= 0.3 is 5.97 Å². The van der Waals surface area contributed by atoms with E-state index in [4.69, 9.17) is 10.00 Å². The SMILES string of the molecule is CCOC(=O)C1c2ccccc2CCN1S(=O)(=O)c1cccc(-c2ccc(C#N)cc2)n1. The van der Waals surface area contributed by atoms with Crippen LogP contribution in [-0.2, 0) is 26.0 Å². The fourth-order valence-electron chi connectivity index (χ4n) is 3.82. The maximum atomic E-state index is 13.6. The number of aromatic nitrogens is 1. The standard InChI is InChI=1S/C24H21N3O4S/c1-2-31-24(28)23-20-7-4-3-6-18(20)14-15-27(23)32(29,30)22-9-5-8-21(26-22)19-12-10-17(16-25)11-13-19/h3-13,23H,2,14-15H2,1H3. The third kappa shape index (κ3) is 4.00. The molecule has 0 saturated carbocycles. The van der Waals surface area contributed by atoms with E-state index in [0.29, 0.717) is 28.8 Å². The van der Waals surface area contributed by atoms with Crippen LogP contribution in [-0.4, -0.2) is 36.8 Å². The molecule has 0 aliphatic carbocycles. The van der Waals surface area contributed by atoms with Crippen LogP contribution >= 0.6 is 0 Å². The second-order valence-electron chi connectivity index (χ2n) is 7.27. The summed E-state index contributed by atoms with van der Waals surface area (Å²) in [6.45, 7) is 1.98. The van der Waals surface area contributed by atoms with Crippen molar-refractivity contribution in [3.05, 3.63) is 83.4 Å². The summed E-state index contributed by atoms with van der Waals surface area (Å²) in [5.41, 5.74) is 3.20. The van der Waals surface area contributed by atoms with Gasteiger partial charge in [-0.1, -0.05) is 42.5 Å². The van der Waals surface area contributed by atoms with Crippen LogP contribution < -0.4 is 0 Å². The van der Waals surface area contributed by atoms with E-state index in [1.165, 1.54) is 10.4 Å². The summed E-state index contributed by atoms with van der Waals surface area (Å²) in [4.78, 5) is 17.2. The quantitative estimate of drug-likeness (QED) is 0.555. The molecule has 1 aliphatic rings. The molecule has 0 fully saturated rings. The number of carbonyl (C=O) groups excluding carboxylic acids is 1. The Hall–Kier alpha value is -3.54. The van der Waals surface area contributed by atoms with Gasteiger partial charge in [-0.15, -0.1) is 0 Å². The van der Waals surface area contributed by atoms with E-state index in [-0.39, 0.29) is 18.2 Å². The fraction of sp³-hybridized carbons (Fsp3) is 0.208. The molecule has 162 valence electrons. The van der Waals surface area contributed by atoms with Crippen molar-refractivity contribution in [1.82, 2.24) is 9.29 Å². The zero-order valence-corrected chi connectivity index (χ0v) is 18.2. The van der Waals surface area contributed by atoms with Crippen LogP contribution in [0.3, 0.4) is 0 Å². The lowest BCUT2D eigenvalue weighted by atomic mass is 9.94. The Morgan fingerprint density at radius 3 is 2.59 bits per heavy atom. The van der Waals surface area contributed by atoms with Gasteiger partial charge in [-0.25, -0.2) is 18.2 Å². The van der Waals surface area contributed by atoms with Crippen LogP contribution in [0.25, 0.3) is 11.3 Å². The first-order valence-corrected chi connectivity index (χ1v) is 11.6. The maximum Gasteiger partial charge on any atom is 0.329 e. The molecule has 3 aromatic rings. The zero-order chi connectivity index (χ0) is 22.7. The van der Waals surface area contributed by atoms with Crippen LogP contribution in [0.5, 0.6) is 0 Å². The number of nitrogens with zero attached hydrogens (tertiary/aromatic N) is 3. The molecule has 2 heterocycles. The molecule has 0 amide bonds. The molecule has 0 spiro atoms. The van der Waals surface area contributed by atoms with Crippen molar-refractivity contribution in [2.45, 2.75) is 24.4 Å². The first-order chi connectivity index (χ1) is 15.5. The molecular weight excluding hydrogens is 426 g/mol.